The van der Waals surface area contributed by atoms with E-state index in [1.54, 1.807) is 0 Å². The maximum absolute atomic E-state index is 13.8. The average molecular weight is 415 g/mol. The Balaban J connectivity index is 1.57. The van der Waals surface area contributed by atoms with Gasteiger partial charge < -0.3 is 9.26 Å². The van der Waals surface area contributed by atoms with Crippen LogP contribution in [0.15, 0.2) is 27.6 Å². The zero-order valence-corrected chi connectivity index (χ0v) is 15.9. The number of rotatable bonds is 6. The van der Waals surface area contributed by atoms with Crippen LogP contribution in [-0.2, 0) is 32.6 Å². The van der Waals surface area contributed by atoms with Crippen LogP contribution in [0, 0.1) is 17.6 Å². The van der Waals surface area contributed by atoms with E-state index >= 15 is 0 Å². The number of esters is 1. The summed E-state index contributed by atoms with van der Waals surface area (Å²) in [4.78, 5) is 15.5. The Labute approximate surface area is 160 Å². The van der Waals surface area contributed by atoms with E-state index in [0.717, 1.165) is 16.4 Å². The second-order valence-electron chi connectivity index (χ2n) is 6.32. The number of sulfonamides is 1. The fourth-order valence-electron chi connectivity index (χ4n) is 2.89. The minimum Gasteiger partial charge on any atom is -0.455 e. The molecule has 0 atom stereocenters. The Kier molecular flexibility index (Phi) is 6.04. The molecular formula is C17H19F2N3O5S. The van der Waals surface area contributed by atoms with Gasteiger partial charge >= 0.3 is 5.97 Å². The fraction of sp³-hybridized carbons (Fsp3) is 0.471. The lowest BCUT2D eigenvalue weighted by Crippen LogP contribution is -2.40. The van der Waals surface area contributed by atoms with Crippen LogP contribution in [0.3, 0.4) is 0 Å². The number of hydrogen-bond acceptors (Lipinski definition) is 7. The highest BCUT2D eigenvalue weighted by molar-refractivity contribution is 7.89. The summed E-state index contributed by atoms with van der Waals surface area (Å²) in [6, 6.07) is 2.28. The number of carbonyl (C=O) groups is 1. The van der Waals surface area contributed by atoms with Gasteiger partial charge in [-0.15, -0.1) is 0 Å². The summed E-state index contributed by atoms with van der Waals surface area (Å²) in [7, 11) is -4.19. The molecule has 1 aromatic heterocycles. The van der Waals surface area contributed by atoms with Gasteiger partial charge in [-0.25, -0.2) is 17.2 Å². The lowest BCUT2D eigenvalue weighted by molar-refractivity contribution is -0.152. The monoisotopic (exact) mass is 415 g/mol. The fourth-order valence-corrected chi connectivity index (χ4v) is 4.43. The molecule has 0 spiro atoms. The van der Waals surface area contributed by atoms with Crippen molar-refractivity contribution < 1.29 is 31.3 Å². The second-order valence-corrected chi connectivity index (χ2v) is 8.23. The van der Waals surface area contributed by atoms with Gasteiger partial charge in [-0.05, 0) is 31.0 Å². The quantitative estimate of drug-likeness (QED) is 0.665. The molecular weight excluding hydrogens is 396 g/mol. The maximum Gasteiger partial charge on any atom is 0.309 e. The number of piperidine rings is 1. The van der Waals surface area contributed by atoms with E-state index in [2.05, 4.69) is 10.1 Å². The van der Waals surface area contributed by atoms with Crippen LogP contribution in [-0.4, -0.2) is 41.9 Å². The molecule has 8 nitrogen and oxygen atoms in total. The van der Waals surface area contributed by atoms with Crippen molar-refractivity contribution in [1.82, 2.24) is 14.4 Å². The second kappa shape index (κ2) is 8.31. The first kappa shape index (κ1) is 20.3. The highest BCUT2D eigenvalue weighted by atomic mass is 32.2. The van der Waals surface area contributed by atoms with Gasteiger partial charge in [-0.1, -0.05) is 12.1 Å². The number of aryl methyl sites for hydroxylation is 1. The predicted octanol–water partition coefficient (Wildman–Crippen LogP) is 2.05. The smallest absolute Gasteiger partial charge is 0.309 e. The molecule has 0 unspecified atom stereocenters. The number of nitrogens with zero attached hydrogens (tertiary/aromatic N) is 3. The zero-order chi connectivity index (χ0) is 20.3. The highest BCUT2D eigenvalue weighted by Crippen LogP contribution is 2.26. The number of carbonyl (C=O) groups excluding carboxylic acids is 1. The van der Waals surface area contributed by atoms with Crippen LogP contribution >= 0.6 is 0 Å². The largest absolute Gasteiger partial charge is 0.455 e. The summed E-state index contributed by atoms with van der Waals surface area (Å²) in [5, 5.41) is 3.70. The van der Waals surface area contributed by atoms with Gasteiger partial charge in [0.05, 0.1) is 5.92 Å². The van der Waals surface area contributed by atoms with E-state index in [1.807, 2.05) is 6.92 Å². The lowest BCUT2D eigenvalue weighted by Gasteiger charge is -2.30. The molecule has 0 radical (unpaired) electrons. The zero-order valence-electron chi connectivity index (χ0n) is 15.1. The lowest BCUT2D eigenvalue weighted by atomic mass is 9.98. The van der Waals surface area contributed by atoms with Crippen molar-refractivity contribution in [2.24, 2.45) is 5.92 Å². The van der Waals surface area contributed by atoms with E-state index in [0.29, 0.717) is 18.3 Å². The van der Waals surface area contributed by atoms with E-state index in [-0.39, 0.29) is 38.4 Å². The van der Waals surface area contributed by atoms with Gasteiger partial charge in [0.15, 0.2) is 12.4 Å². The van der Waals surface area contributed by atoms with Crippen molar-refractivity contribution in [2.75, 3.05) is 13.1 Å². The first-order valence-corrected chi connectivity index (χ1v) is 10.2. The Bertz CT molecular complexity index is 955. The third kappa shape index (κ3) is 4.36. The van der Waals surface area contributed by atoms with Crippen LogP contribution < -0.4 is 0 Å². The van der Waals surface area contributed by atoms with E-state index < -0.39 is 38.4 Å². The Morgan fingerprint density at radius 2 is 2.04 bits per heavy atom. The number of benzene rings is 1. The van der Waals surface area contributed by atoms with Crippen LogP contribution in [0.5, 0.6) is 0 Å². The van der Waals surface area contributed by atoms with Crippen molar-refractivity contribution in [2.45, 2.75) is 37.7 Å². The first-order chi connectivity index (χ1) is 13.3. The molecule has 3 rings (SSSR count). The van der Waals surface area contributed by atoms with Gasteiger partial charge in [0.2, 0.25) is 10.0 Å². The number of halogens is 2. The Morgan fingerprint density at radius 1 is 1.32 bits per heavy atom. The molecule has 2 heterocycles. The van der Waals surface area contributed by atoms with Gasteiger partial charge in [0.1, 0.15) is 16.5 Å². The summed E-state index contributed by atoms with van der Waals surface area (Å²) in [6.45, 7) is 1.70. The SMILES string of the molecule is CCc1noc(COC(=O)C2CCN(S(=O)(=O)c3cc(F)ccc3F)CC2)n1. The molecule has 1 aliphatic rings. The summed E-state index contributed by atoms with van der Waals surface area (Å²) in [6.07, 6.45) is 1.01. The van der Waals surface area contributed by atoms with Crippen LogP contribution in [0.25, 0.3) is 0 Å². The number of hydrogen-bond donors (Lipinski definition) is 0. The minimum atomic E-state index is -4.19. The molecule has 0 saturated carbocycles. The Hall–Kier alpha value is -2.40. The van der Waals surface area contributed by atoms with Crippen LogP contribution in [0.4, 0.5) is 8.78 Å². The molecule has 152 valence electrons. The minimum absolute atomic E-state index is 0.00140. The average Bonchev–Trinajstić information content (AvgIpc) is 3.16. The Morgan fingerprint density at radius 3 is 2.68 bits per heavy atom. The molecule has 2 aromatic rings. The van der Waals surface area contributed by atoms with Crippen molar-refractivity contribution in [3.05, 3.63) is 41.5 Å². The molecule has 0 amide bonds. The molecule has 1 aliphatic heterocycles. The van der Waals surface area contributed by atoms with Gasteiger partial charge in [0.25, 0.3) is 5.89 Å². The molecule has 0 bridgehead atoms. The standard InChI is InChI=1S/C17H19F2N3O5S/c1-2-15-20-16(27-21-15)10-26-17(23)11-5-7-22(8-6-11)28(24,25)14-9-12(18)3-4-13(14)19/h3-4,9,11H,2,5-8,10H2,1H3. The molecule has 1 aromatic carbocycles. The van der Waals surface area contributed by atoms with Crippen molar-refractivity contribution >= 4 is 16.0 Å². The summed E-state index contributed by atoms with van der Waals surface area (Å²) in [5.74, 6) is -2.16. The molecule has 1 saturated heterocycles. The summed E-state index contributed by atoms with van der Waals surface area (Å²) < 4.78 is 63.4. The maximum atomic E-state index is 13.8. The van der Waals surface area contributed by atoms with Crippen molar-refractivity contribution in [1.29, 1.82) is 0 Å². The topological polar surface area (TPSA) is 103 Å². The molecule has 0 N–H and O–H groups in total. The molecule has 11 heteroatoms. The van der Waals surface area contributed by atoms with E-state index in [9.17, 15) is 22.0 Å². The van der Waals surface area contributed by atoms with Gasteiger partial charge in [-0.3, -0.25) is 4.79 Å². The van der Waals surface area contributed by atoms with Crippen LogP contribution in [0.2, 0.25) is 0 Å². The van der Waals surface area contributed by atoms with Gasteiger partial charge in [-0.2, -0.15) is 9.29 Å². The van der Waals surface area contributed by atoms with E-state index in [1.165, 1.54) is 0 Å². The third-order valence-corrected chi connectivity index (χ3v) is 6.38. The normalized spacial score (nSPS) is 16.2. The molecule has 28 heavy (non-hydrogen) atoms. The third-order valence-electron chi connectivity index (χ3n) is 4.46. The first-order valence-electron chi connectivity index (χ1n) is 8.74. The van der Waals surface area contributed by atoms with Crippen molar-refractivity contribution in [3.63, 3.8) is 0 Å². The summed E-state index contributed by atoms with van der Waals surface area (Å²) in [5.41, 5.74) is 0. The molecule has 0 aliphatic carbocycles. The number of ether oxygens (including phenoxy) is 1. The number of aromatic nitrogens is 2. The van der Waals surface area contributed by atoms with Crippen molar-refractivity contribution in [3.8, 4) is 0 Å². The van der Waals surface area contributed by atoms with E-state index in [4.69, 9.17) is 9.26 Å². The van der Waals surface area contributed by atoms with Gasteiger partial charge in [0, 0.05) is 19.5 Å². The van der Waals surface area contributed by atoms with Crippen LogP contribution in [0.1, 0.15) is 31.5 Å². The highest BCUT2D eigenvalue weighted by Gasteiger charge is 2.34. The summed E-state index contributed by atoms with van der Waals surface area (Å²) >= 11 is 0. The predicted molar refractivity (Wildman–Crippen MR) is 91.3 cm³/mol. The molecule has 1 fully saturated rings.